The molecular formula is C15H24N4S. The van der Waals surface area contributed by atoms with E-state index in [1.54, 1.807) is 0 Å². The molecule has 0 bridgehead atoms. The van der Waals surface area contributed by atoms with Crippen molar-refractivity contribution in [2.45, 2.75) is 19.8 Å². The van der Waals surface area contributed by atoms with E-state index in [0.29, 0.717) is 4.99 Å². The van der Waals surface area contributed by atoms with E-state index < -0.39 is 0 Å². The van der Waals surface area contributed by atoms with Crippen molar-refractivity contribution in [3.63, 3.8) is 0 Å². The molecule has 0 saturated carbocycles. The van der Waals surface area contributed by atoms with Gasteiger partial charge in [0, 0.05) is 30.9 Å². The largest absolute Gasteiger partial charge is 0.389 e. The lowest BCUT2D eigenvalue weighted by Gasteiger charge is -2.34. The van der Waals surface area contributed by atoms with Crippen LogP contribution in [0.5, 0.6) is 0 Å². The molecule has 0 radical (unpaired) electrons. The Bertz CT molecular complexity index is 479. The molecule has 1 aliphatic rings. The molecule has 2 heterocycles. The van der Waals surface area contributed by atoms with Crippen molar-refractivity contribution in [1.82, 2.24) is 9.88 Å². The molecule has 0 atom stereocenters. The Hall–Kier alpha value is -1.20. The summed E-state index contributed by atoms with van der Waals surface area (Å²) in [6.45, 7) is 5.29. The lowest BCUT2D eigenvalue weighted by atomic mass is 9.96. The molecule has 1 fully saturated rings. The monoisotopic (exact) mass is 292 g/mol. The highest BCUT2D eigenvalue weighted by Gasteiger charge is 2.21. The van der Waals surface area contributed by atoms with E-state index in [1.807, 2.05) is 19.1 Å². The van der Waals surface area contributed by atoms with E-state index in [1.165, 1.54) is 19.4 Å². The molecule has 20 heavy (non-hydrogen) atoms. The summed E-state index contributed by atoms with van der Waals surface area (Å²) in [6, 6.07) is 3.96. The molecule has 4 nitrogen and oxygen atoms in total. The third-order valence-corrected chi connectivity index (χ3v) is 4.02. The summed E-state index contributed by atoms with van der Waals surface area (Å²) in [5.74, 6) is 1.80. The summed E-state index contributed by atoms with van der Waals surface area (Å²) >= 11 is 5.07. The van der Waals surface area contributed by atoms with Crippen molar-refractivity contribution in [2.24, 2.45) is 11.7 Å². The van der Waals surface area contributed by atoms with Crippen molar-refractivity contribution < 1.29 is 0 Å². The van der Waals surface area contributed by atoms with Gasteiger partial charge in [0.15, 0.2) is 0 Å². The number of thiocarbonyl (C=S) groups is 1. The average molecular weight is 292 g/mol. The van der Waals surface area contributed by atoms with E-state index in [4.69, 9.17) is 18.0 Å². The van der Waals surface area contributed by atoms with Gasteiger partial charge in [-0.25, -0.2) is 4.98 Å². The van der Waals surface area contributed by atoms with Crippen LogP contribution >= 0.6 is 12.2 Å². The third kappa shape index (κ3) is 3.90. The Morgan fingerprint density at radius 2 is 2.05 bits per heavy atom. The van der Waals surface area contributed by atoms with E-state index in [0.717, 1.165) is 36.1 Å². The maximum Gasteiger partial charge on any atom is 0.129 e. The molecule has 0 aliphatic carbocycles. The highest BCUT2D eigenvalue weighted by atomic mass is 32.1. The fraction of sp³-hybridized carbons (Fsp3) is 0.600. The van der Waals surface area contributed by atoms with Crippen LogP contribution in [0.25, 0.3) is 0 Å². The molecule has 1 aliphatic heterocycles. The average Bonchev–Trinajstić information content (AvgIpc) is 2.38. The van der Waals surface area contributed by atoms with Crippen LogP contribution in [0.2, 0.25) is 0 Å². The van der Waals surface area contributed by atoms with Gasteiger partial charge in [0.05, 0.1) is 0 Å². The zero-order valence-corrected chi connectivity index (χ0v) is 13.4. The van der Waals surface area contributed by atoms with Gasteiger partial charge in [-0.15, -0.1) is 0 Å². The number of nitrogens with zero attached hydrogens (tertiary/aromatic N) is 3. The molecule has 1 aromatic heterocycles. The number of pyridine rings is 1. The number of nitrogens with two attached hydrogens (primary N) is 1. The molecule has 1 aromatic rings. The van der Waals surface area contributed by atoms with Crippen molar-refractivity contribution in [2.75, 3.05) is 38.6 Å². The second-order valence-corrected chi connectivity index (χ2v) is 6.35. The minimum absolute atomic E-state index is 0.444. The van der Waals surface area contributed by atoms with E-state index in [9.17, 15) is 0 Å². The van der Waals surface area contributed by atoms with Crippen LogP contribution in [0.3, 0.4) is 0 Å². The first-order chi connectivity index (χ1) is 9.45. The van der Waals surface area contributed by atoms with Gasteiger partial charge in [0.2, 0.25) is 0 Å². The summed E-state index contributed by atoms with van der Waals surface area (Å²) in [4.78, 5) is 9.69. The summed E-state index contributed by atoms with van der Waals surface area (Å²) < 4.78 is 0. The van der Waals surface area contributed by atoms with Crippen molar-refractivity contribution in [3.05, 3.63) is 23.4 Å². The maximum absolute atomic E-state index is 5.74. The van der Waals surface area contributed by atoms with Gasteiger partial charge in [0.1, 0.15) is 10.8 Å². The fourth-order valence-electron chi connectivity index (χ4n) is 2.82. The Balaban J connectivity index is 2.05. The minimum Gasteiger partial charge on any atom is -0.389 e. The summed E-state index contributed by atoms with van der Waals surface area (Å²) in [6.07, 6.45) is 2.44. The summed E-state index contributed by atoms with van der Waals surface area (Å²) in [5, 5.41) is 0. The van der Waals surface area contributed by atoms with Crippen LogP contribution in [-0.2, 0) is 0 Å². The van der Waals surface area contributed by atoms with E-state index >= 15 is 0 Å². The van der Waals surface area contributed by atoms with E-state index in [2.05, 4.69) is 28.9 Å². The molecule has 1 saturated heterocycles. The van der Waals surface area contributed by atoms with Gasteiger partial charge in [-0.3, -0.25) is 0 Å². The van der Waals surface area contributed by atoms with Gasteiger partial charge in [-0.2, -0.15) is 0 Å². The number of piperidine rings is 1. The van der Waals surface area contributed by atoms with Gasteiger partial charge in [-0.1, -0.05) is 12.2 Å². The number of aryl methyl sites for hydroxylation is 1. The van der Waals surface area contributed by atoms with Crippen molar-refractivity contribution in [3.8, 4) is 0 Å². The van der Waals surface area contributed by atoms with Crippen LogP contribution < -0.4 is 10.6 Å². The minimum atomic E-state index is 0.444. The zero-order chi connectivity index (χ0) is 14.7. The first-order valence-electron chi connectivity index (χ1n) is 7.14. The fourth-order valence-corrected chi connectivity index (χ4v) is 2.93. The predicted molar refractivity (Wildman–Crippen MR) is 88.4 cm³/mol. The molecule has 0 aromatic carbocycles. The van der Waals surface area contributed by atoms with Gasteiger partial charge in [-0.05, 0) is 51.9 Å². The topological polar surface area (TPSA) is 45.4 Å². The molecular weight excluding hydrogens is 268 g/mol. The molecule has 5 heteroatoms. The highest BCUT2D eigenvalue weighted by molar-refractivity contribution is 7.80. The molecule has 2 rings (SSSR count). The molecule has 2 N–H and O–H groups in total. The van der Waals surface area contributed by atoms with Crippen LogP contribution in [0.1, 0.15) is 24.1 Å². The van der Waals surface area contributed by atoms with Crippen molar-refractivity contribution >= 4 is 23.0 Å². The predicted octanol–water partition coefficient (Wildman–Crippen LogP) is 1.80. The lowest BCUT2D eigenvalue weighted by molar-refractivity contribution is 0.284. The highest BCUT2D eigenvalue weighted by Crippen LogP contribution is 2.23. The number of aromatic nitrogens is 1. The van der Waals surface area contributed by atoms with Gasteiger partial charge >= 0.3 is 0 Å². The normalized spacial score (nSPS) is 16.7. The smallest absolute Gasteiger partial charge is 0.129 e. The lowest BCUT2D eigenvalue weighted by Crippen LogP contribution is -2.37. The second kappa shape index (κ2) is 6.50. The number of hydrogen-bond acceptors (Lipinski definition) is 4. The number of hydrogen-bond donors (Lipinski definition) is 1. The van der Waals surface area contributed by atoms with Crippen molar-refractivity contribution in [1.29, 1.82) is 0 Å². The molecule has 0 amide bonds. The number of anilines is 1. The summed E-state index contributed by atoms with van der Waals surface area (Å²) in [5.41, 5.74) is 7.63. The first kappa shape index (κ1) is 15.2. The zero-order valence-electron chi connectivity index (χ0n) is 12.6. The van der Waals surface area contributed by atoms with Crippen LogP contribution in [0.4, 0.5) is 5.82 Å². The number of rotatable bonds is 4. The van der Waals surface area contributed by atoms with E-state index in [-0.39, 0.29) is 0 Å². The van der Waals surface area contributed by atoms with Crippen LogP contribution in [-0.4, -0.2) is 48.6 Å². The SMILES string of the molecule is Cc1cc(C(N)=S)cc(N2CCC(CN(C)C)CC2)n1. The summed E-state index contributed by atoms with van der Waals surface area (Å²) in [7, 11) is 4.28. The Morgan fingerprint density at radius 1 is 1.40 bits per heavy atom. The standard InChI is InChI=1S/C15H24N4S/c1-11-8-13(15(16)20)9-14(17-11)19-6-4-12(5-7-19)10-18(2)3/h8-9,12H,4-7,10H2,1-3H3,(H2,16,20). The second-order valence-electron chi connectivity index (χ2n) is 5.91. The first-order valence-corrected chi connectivity index (χ1v) is 7.54. The Labute approximate surface area is 127 Å². The molecule has 0 spiro atoms. The van der Waals surface area contributed by atoms with Gasteiger partial charge in [0.25, 0.3) is 0 Å². The quantitative estimate of drug-likeness (QED) is 0.858. The molecule has 110 valence electrons. The van der Waals surface area contributed by atoms with Crippen LogP contribution in [0, 0.1) is 12.8 Å². The Kier molecular flexibility index (Phi) is 4.94. The van der Waals surface area contributed by atoms with Crippen LogP contribution in [0.15, 0.2) is 12.1 Å². The maximum atomic E-state index is 5.74. The third-order valence-electron chi connectivity index (χ3n) is 3.79. The van der Waals surface area contributed by atoms with Gasteiger partial charge < -0.3 is 15.5 Å². The molecule has 0 unspecified atom stereocenters. The Morgan fingerprint density at radius 3 is 2.60 bits per heavy atom.